The quantitative estimate of drug-likeness (QED) is 0.413. The standard InChI is InChI=1S/C25H29N5O3S/c1-15(2)10-11-26-22(31)13-18-14-34-25-27-17(4)23(24(32)29(18)25)19-12-16(3)30(28-19)20-8-6-7-9-21(20)33-5/h6-9,12,14-15H,10-11,13H2,1-5H3,(H,26,31). The number of hydrogen-bond donors (Lipinski definition) is 1. The zero-order valence-corrected chi connectivity index (χ0v) is 20.9. The Labute approximate surface area is 202 Å². The van der Waals surface area contributed by atoms with Crippen LogP contribution in [0.2, 0.25) is 0 Å². The summed E-state index contributed by atoms with van der Waals surface area (Å²) in [6.45, 7) is 8.59. The molecule has 3 aromatic heterocycles. The highest BCUT2D eigenvalue weighted by Gasteiger charge is 2.20. The molecule has 0 aliphatic heterocycles. The van der Waals surface area contributed by atoms with Crippen LogP contribution in [0.5, 0.6) is 5.75 Å². The summed E-state index contributed by atoms with van der Waals surface area (Å²) in [6.07, 6.45) is 1.03. The van der Waals surface area contributed by atoms with Gasteiger partial charge in [-0.05, 0) is 44.4 Å². The number of benzene rings is 1. The van der Waals surface area contributed by atoms with E-state index in [-0.39, 0.29) is 17.9 Å². The lowest BCUT2D eigenvalue weighted by Crippen LogP contribution is -2.28. The van der Waals surface area contributed by atoms with E-state index >= 15 is 0 Å². The van der Waals surface area contributed by atoms with Crippen LogP contribution in [0.3, 0.4) is 0 Å². The van der Waals surface area contributed by atoms with Gasteiger partial charge in [-0.2, -0.15) is 5.10 Å². The number of aryl methyl sites for hydroxylation is 2. The molecule has 0 saturated carbocycles. The molecule has 0 atom stereocenters. The van der Waals surface area contributed by atoms with E-state index in [0.29, 0.717) is 45.8 Å². The van der Waals surface area contributed by atoms with Crippen LogP contribution in [0.4, 0.5) is 0 Å². The summed E-state index contributed by atoms with van der Waals surface area (Å²) in [5.41, 5.74) is 3.61. The second-order valence-electron chi connectivity index (χ2n) is 8.69. The molecule has 1 N–H and O–H groups in total. The third-order valence-corrected chi connectivity index (χ3v) is 6.54. The summed E-state index contributed by atoms with van der Waals surface area (Å²) in [6, 6.07) is 9.46. The predicted octanol–water partition coefficient (Wildman–Crippen LogP) is 3.94. The Morgan fingerprint density at radius 3 is 2.74 bits per heavy atom. The van der Waals surface area contributed by atoms with Crippen LogP contribution in [0.1, 0.15) is 37.4 Å². The molecule has 178 valence electrons. The summed E-state index contributed by atoms with van der Waals surface area (Å²) < 4.78 is 8.78. The predicted molar refractivity (Wildman–Crippen MR) is 134 cm³/mol. The third-order valence-electron chi connectivity index (χ3n) is 5.66. The molecule has 4 rings (SSSR count). The fourth-order valence-electron chi connectivity index (χ4n) is 3.90. The Hall–Kier alpha value is -3.46. The van der Waals surface area contributed by atoms with Crippen LogP contribution in [-0.4, -0.2) is 38.7 Å². The first-order valence-corrected chi connectivity index (χ1v) is 12.1. The van der Waals surface area contributed by atoms with Crippen molar-refractivity contribution < 1.29 is 9.53 Å². The zero-order chi connectivity index (χ0) is 24.4. The van der Waals surface area contributed by atoms with Gasteiger partial charge in [-0.3, -0.25) is 14.0 Å². The van der Waals surface area contributed by atoms with Crippen molar-refractivity contribution in [3.63, 3.8) is 0 Å². The third kappa shape index (κ3) is 4.61. The highest BCUT2D eigenvalue weighted by Crippen LogP contribution is 2.27. The van der Waals surface area contributed by atoms with Crippen molar-refractivity contribution in [3.8, 4) is 22.7 Å². The molecule has 0 saturated heterocycles. The van der Waals surface area contributed by atoms with E-state index in [2.05, 4.69) is 24.1 Å². The monoisotopic (exact) mass is 479 g/mol. The number of amides is 1. The molecule has 0 spiro atoms. The molecule has 0 fully saturated rings. The number of hydrogen-bond acceptors (Lipinski definition) is 6. The Morgan fingerprint density at radius 1 is 1.24 bits per heavy atom. The zero-order valence-electron chi connectivity index (χ0n) is 20.1. The number of aromatic nitrogens is 4. The first-order valence-electron chi connectivity index (χ1n) is 11.3. The summed E-state index contributed by atoms with van der Waals surface area (Å²) in [5.74, 6) is 1.09. The normalized spacial score (nSPS) is 11.4. The molecule has 0 aliphatic rings. The number of ether oxygens (including phenoxy) is 1. The molecule has 0 radical (unpaired) electrons. The van der Waals surface area contributed by atoms with Gasteiger partial charge in [0.2, 0.25) is 5.91 Å². The highest BCUT2D eigenvalue weighted by molar-refractivity contribution is 7.15. The van der Waals surface area contributed by atoms with E-state index < -0.39 is 0 Å². The van der Waals surface area contributed by atoms with Crippen molar-refractivity contribution >= 4 is 22.2 Å². The van der Waals surface area contributed by atoms with E-state index in [9.17, 15) is 9.59 Å². The lowest BCUT2D eigenvalue weighted by atomic mass is 10.1. The van der Waals surface area contributed by atoms with Gasteiger partial charge in [-0.1, -0.05) is 26.0 Å². The first kappa shape index (κ1) is 23.7. The van der Waals surface area contributed by atoms with E-state index in [1.165, 1.54) is 15.7 Å². The fourth-order valence-corrected chi connectivity index (χ4v) is 4.82. The summed E-state index contributed by atoms with van der Waals surface area (Å²) in [7, 11) is 1.62. The molecular formula is C25H29N5O3S. The molecule has 3 heterocycles. The minimum atomic E-state index is -0.224. The minimum Gasteiger partial charge on any atom is -0.494 e. The molecule has 0 aliphatic carbocycles. The molecule has 4 aromatic rings. The van der Waals surface area contributed by atoms with Crippen LogP contribution in [0, 0.1) is 19.8 Å². The lowest BCUT2D eigenvalue weighted by molar-refractivity contribution is -0.120. The van der Waals surface area contributed by atoms with Crippen molar-refractivity contribution in [3.05, 3.63) is 63.1 Å². The van der Waals surface area contributed by atoms with Crippen LogP contribution in [-0.2, 0) is 11.2 Å². The maximum Gasteiger partial charge on any atom is 0.268 e. The highest BCUT2D eigenvalue weighted by atomic mass is 32.1. The number of para-hydroxylation sites is 2. The number of nitrogens with one attached hydrogen (secondary N) is 1. The second-order valence-corrected chi connectivity index (χ2v) is 9.52. The molecule has 1 amide bonds. The van der Waals surface area contributed by atoms with Gasteiger partial charge in [0.1, 0.15) is 17.1 Å². The van der Waals surface area contributed by atoms with Crippen molar-refractivity contribution in [2.24, 2.45) is 5.92 Å². The Bertz CT molecular complexity index is 1400. The van der Waals surface area contributed by atoms with Crippen LogP contribution >= 0.6 is 11.3 Å². The molecule has 8 nitrogen and oxygen atoms in total. The van der Waals surface area contributed by atoms with Crippen LogP contribution < -0.4 is 15.6 Å². The van der Waals surface area contributed by atoms with Gasteiger partial charge >= 0.3 is 0 Å². The van der Waals surface area contributed by atoms with Gasteiger partial charge in [0, 0.05) is 23.3 Å². The van der Waals surface area contributed by atoms with Gasteiger partial charge < -0.3 is 10.1 Å². The maximum atomic E-state index is 13.6. The first-order chi connectivity index (χ1) is 16.3. The van der Waals surface area contributed by atoms with E-state index in [1.807, 2.05) is 49.6 Å². The lowest BCUT2D eigenvalue weighted by Gasteiger charge is -2.09. The number of rotatable bonds is 8. The molecule has 0 unspecified atom stereocenters. The van der Waals surface area contributed by atoms with E-state index in [4.69, 9.17) is 9.84 Å². The topological polar surface area (TPSA) is 90.5 Å². The van der Waals surface area contributed by atoms with Crippen molar-refractivity contribution in [2.45, 2.75) is 40.5 Å². The van der Waals surface area contributed by atoms with Gasteiger partial charge in [0.15, 0.2) is 4.96 Å². The number of methoxy groups -OCH3 is 1. The van der Waals surface area contributed by atoms with Crippen molar-refractivity contribution in [1.82, 2.24) is 24.5 Å². The maximum absolute atomic E-state index is 13.6. The van der Waals surface area contributed by atoms with Crippen LogP contribution in [0.25, 0.3) is 21.9 Å². The Balaban J connectivity index is 1.73. The number of fused-ring (bicyclic) bond motifs is 1. The number of thiazole rings is 1. The Kier molecular flexibility index (Phi) is 6.83. The number of carbonyl (C=O) groups is 1. The van der Waals surface area contributed by atoms with E-state index in [1.54, 1.807) is 11.8 Å². The van der Waals surface area contributed by atoms with Gasteiger partial charge in [0.05, 0.1) is 24.8 Å². The smallest absolute Gasteiger partial charge is 0.268 e. The summed E-state index contributed by atoms with van der Waals surface area (Å²) in [5, 5.41) is 9.49. The average molecular weight is 480 g/mol. The SMILES string of the molecule is COc1ccccc1-n1nc(-c2c(C)nc3scc(CC(=O)NCCC(C)C)n3c2=O)cc1C. The molecule has 34 heavy (non-hydrogen) atoms. The Morgan fingerprint density at radius 2 is 2.00 bits per heavy atom. The minimum absolute atomic E-state index is 0.106. The fraction of sp³-hybridized carbons (Fsp3) is 0.360. The summed E-state index contributed by atoms with van der Waals surface area (Å²) in [4.78, 5) is 31.3. The second kappa shape index (κ2) is 9.80. The van der Waals surface area contributed by atoms with Gasteiger partial charge in [-0.25, -0.2) is 9.67 Å². The molecule has 0 bridgehead atoms. The number of nitrogens with zero attached hydrogens (tertiary/aromatic N) is 4. The summed E-state index contributed by atoms with van der Waals surface area (Å²) >= 11 is 1.36. The van der Waals surface area contributed by atoms with E-state index in [0.717, 1.165) is 17.8 Å². The van der Waals surface area contributed by atoms with Crippen molar-refractivity contribution in [2.75, 3.05) is 13.7 Å². The number of carbonyl (C=O) groups excluding carboxylic acids is 1. The van der Waals surface area contributed by atoms with Gasteiger partial charge in [0.25, 0.3) is 5.56 Å². The van der Waals surface area contributed by atoms with Crippen LogP contribution in [0.15, 0.2) is 40.5 Å². The molecule has 9 heteroatoms. The molecule has 1 aromatic carbocycles. The average Bonchev–Trinajstić information content (AvgIpc) is 3.36. The largest absolute Gasteiger partial charge is 0.494 e. The van der Waals surface area contributed by atoms with Crippen molar-refractivity contribution in [1.29, 1.82) is 0 Å². The molecular weight excluding hydrogens is 450 g/mol. The van der Waals surface area contributed by atoms with Gasteiger partial charge in [-0.15, -0.1) is 11.3 Å².